The fourth-order valence-corrected chi connectivity index (χ4v) is 2.08. The van der Waals surface area contributed by atoms with Crippen molar-refractivity contribution in [3.05, 3.63) is 0 Å². The van der Waals surface area contributed by atoms with Crippen molar-refractivity contribution < 1.29 is 4.79 Å². The highest BCUT2D eigenvalue weighted by Crippen LogP contribution is 2.20. The second-order valence-electron chi connectivity index (χ2n) is 3.22. The van der Waals surface area contributed by atoms with Gasteiger partial charge in [0.15, 0.2) is 0 Å². The molecule has 1 fully saturated rings. The summed E-state index contributed by atoms with van der Waals surface area (Å²) in [6.07, 6.45) is 3.20. The first-order chi connectivity index (χ1) is 5.65. The SMILES string of the molecule is CSC1CCN(C(=O)[C@H](C)N)C1. The van der Waals surface area contributed by atoms with Gasteiger partial charge in [0.05, 0.1) is 6.04 Å². The molecule has 4 heteroatoms. The second-order valence-corrected chi connectivity index (χ2v) is 4.36. The molecule has 70 valence electrons. The van der Waals surface area contributed by atoms with Gasteiger partial charge in [-0.1, -0.05) is 0 Å². The average molecular weight is 188 g/mol. The van der Waals surface area contributed by atoms with Crippen molar-refractivity contribution in [3.63, 3.8) is 0 Å². The van der Waals surface area contributed by atoms with Gasteiger partial charge in [-0.05, 0) is 19.6 Å². The van der Waals surface area contributed by atoms with Crippen molar-refractivity contribution >= 4 is 17.7 Å². The van der Waals surface area contributed by atoms with E-state index in [2.05, 4.69) is 6.26 Å². The molecule has 1 aliphatic rings. The summed E-state index contributed by atoms with van der Waals surface area (Å²) in [7, 11) is 0. The van der Waals surface area contributed by atoms with Gasteiger partial charge >= 0.3 is 0 Å². The van der Waals surface area contributed by atoms with E-state index in [0.717, 1.165) is 19.5 Å². The largest absolute Gasteiger partial charge is 0.340 e. The Morgan fingerprint density at radius 2 is 2.42 bits per heavy atom. The molecule has 1 aliphatic heterocycles. The van der Waals surface area contributed by atoms with E-state index in [4.69, 9.17) is 5.73 Å². The summed E-state index contributed by atoms with van der Waals surface area (Å²) in [6.45, 7) is 3.50. The lowest BCUT2D eigenvalue weighted by molar-refractivity contribution is -0.131. The maximum Gasteiger partial charge on any atom is 0.239 e. The van der Waals surface area contributed by atoms with Crippen molar-refractivity contribution in [3.8, 4) is 0 Å². The molecular formula is C8H16N2OS. The zero-order chi connectivity index (χ0) is 9.14. The van der Waals surface area contributed by atoms with Gasteiger partial charge in [-0.3, -0.25) is 4.79 Å². The molecule has 0 aromatic heterocycles. The molecule has 12 heavy (non-hydrogen) atoms. The second kappa shape index (κ2) is 4.14. The van der Waals surface area contributed by atoms with Crippen LogP contribution in [0.1, 0.15) is 13.3 Å². The zero-order valence-electron chi connectivity index (χ0n) is 7.62. The minimum atomic E-state index is -0.342. The molecule has 1 unspecified atom stereocenters. The lowest BCUT2D eigenvalue weighted by Gasteiger charge is -2.17. The number of nitrogens with zero attached hydrogens (tertiary/aromatic N) is 1. The number of hydrogen-bond acceptors (Lipinski definition) is 3. The zero-order valence-corrected chi connectivity index (χ0v) is 8.43. The molecule has 0 saturated carbocycles. The summed E-state index contributed by atoms with van der Waals surface area (Å²) in [6, 6.07) is -0.342. The van der Waals surface area contributed by atoms with E-state index in [-0.39, 0.29) is 11.9 Å². The molecule has 0 aromatic rings. The van der Waals surface area contributed by atoms with Crippen LogP contribution in [0.5, 0.6) is 0 Å². The minimum Gasteiger partial charge on any atom is -0.340 e. The molecule has 0 aliphatic carbocycles. The van der Waals surface area contributed by atoms with E-state index < -0.39 is 0 Å². The lowest BCUT2D eigenvalue weighted by Crippen LogP contribution is -2.40. The predicted molar refractivity (Wildman–Crippen MR) is 52.1 cm³/mol. The van der Waals surface area contributed by atoms with Crippen molar-refractivity contribution in [2.24, 2.45) is 5.73 Å². The van der Waals surface area contributed by atoms with E-state index >= 15 is 0 Å². The number of hydrogen-bond donors (Lipinski definition) is 1. The highest BCUT2D eigenvalue weighted by molar-refractivity contribution is 7.99. The van der Waals surface area contributed by atoms with Crippen LogP contribution in [-0.2, 0) is 4.79 Å². The van der Waals surface area contributed by atoms with E-state index in [1.807, 2.05) is 16.7 Å². The Morgan fingerprint density at radius 3 is 2.83 bits per heavy atom. The first-order valence-electron chi connectivity index (χ1n) is 4.22. The lowest BCUT2D eigenvalue weighted by atomic mass is 10.3. The van der Waals surface area contributed by atoms with Gasteiger partial charge < -0.3 is 10.6 Å². The molecule has 1 amide bonds. The van der Waals surface area contributed by atoms with Crippen LogP contribution in [0.3, 0.4) is 0 Å². The summed E-state index contributed by atoms with van der Waals surface area (Å²) < 4.78 is 0. The van der Waals surface area contributed by atoms with Crippen molar-refractivity contribution in [1.29, 1.82) is 0 Å². The van der Waals surface area contributed by atoms with Crippen molar-refractivity contribution in [2.45, 2.75) is 24.6 Å². The molecule has 1 heterocycles. The smallest absolute Gasteiger partial charge is 0.239 e. The van der Waals surface area contributed by atoms with Crippen molar-refractivity contribution in [2.75, 3.05) is 19.3 Å². The number of thioether (sulfide) groups is 1. The maximum atomic E-state index is 11.4. The van der Waals surface area contributed by atoms with E-state index in [1.54, 1.807) is 6.92 Å². The van der Waals surface area contributed by atoms with Crippen LogP contribution in [0, 0.1) is 0 Å². The van der Waals surface area contributed by atoms with Gasteiger partial charge in [0.2, 0.25) is 5.91 Å². The maximum absolute atomic E-state index is 11.4. The molecule has 1 saturated heterocycles. The topological polar surface area (TPSA) is 46.3 Å². The molecular weight excluding hydrogens is 172 g/mol. The third kappa shape index (κ3) is 2.14. The molecule has 1 rings (SSSR count). The first kappa shape index (κ1) is 9.86. The Morgan fingerprint density at radius 1 is 1.75 bits per heavy atom. The summed E-state index contributed by atoms with van der Waals surface area (Å²) >= 11 is 1.83. The number of rotatable bonds is 2. The molecule has 0 radical (unpaired) electrons. The fourth-order valence-electron chi connectivity index (χ4n) is 1.41. The van der Waals surface area contributed by atoms with Crippen LogP contribution < -0.4 is 5.73 Å². The molecule has 0 spiro atoms. The Bertz CT molecular complexity index is 172. The predicted octanol–water partition coefficient (Wildman–Crippen LogP) is 0.297. The molecule has 2 N–H and O–H groups in total. The van der Waals surface area contributed by atoms with E-state index in [9.17, 15) is 4.79 Å². The monoisotopic (exact) mass is 188 g/mol. The summed E-state index contributed by atoms with van der Waals surface area (Å²) in [5.41, 5.74) is 5.50. The fraction of sp³-hybridized carbons (Fsp3) is 0.875. The van der Waals surface area contributed by atoms with Crippen molar-refractivity contribution in [1.82, 2.24) is 4.90 Å². The molecule has 2 atom stereocenters. The van der Waals surface area contributed by atoms with Gasteiger partial charge in [0, 0.05) is 18.3 Å². The van der Waals surface area contributed by atoms with Gasteiger partial charge in [-0.2, -0.15) is 11.8 Å². The summed E-state index contributed by atoms with van der Waals surface area (Å²) in [5.74, 6) is 0.0894. The number of nitrogens with two attached hydrogens (primary N) is 1. The van der Waals surface area contributed by atoms with Crippen LogP contribution in [0.2, 0.25) is 0 Å². The highest BCUT2D eigenvalue weighted by Gasteiger charge is 2.26. The Kier molecular flexibility index (Phi) is 3.40. The van der Waals surface area contributed by atoms with Crippen LogP contribution in [0.15, 0.2) is 0 Å². The third-order valence-corrected chi connectivity index (χ3v) is 3.23. The molecule has 3 nitrogen and oxygen atoms in total. The van der Waals surface area contributed by atoms with Gasteiger partial charge in [0.25, 0.3) is 0 Å². The Hall–Kier alpha value is -0.220. The third-order valence-electron chi connectivity index (χ3n) is 2.18. The highest BCUT2D eigenvalue weighted by atomic mass is 32.2. The van der Waals surface area contributed by atoms with Crippen LogP contribution in [0.25, 0.3) is 0 Å². The average Bonchev–Trinajstić information content (AvgIpc) is 2.50. The number of carbonyl (C=O) groups excluding carboxylic acids is 1. The standard InChI is InChI=1S/C8H16N2OS/c1-6(9)8(11)10-4-3-7(5-10)12-2/h6-7H,3-5,9H2,1-2H3/t6-,7?/m0/s1. The summed E-state index contributed by atoms with van der Waals surface area (Å²) in [4.78, 5) is 13.3. The first-order valence-corrected chi connectivity index (χ1v) is 5.51. The number of carbonyl (C=O) groups is 1. The van der Waals surface area contributed by atoms with Gasteiger partial charge in [0.1, 0.15) is 0 Å². The van der Waals surface area contributed by atoms with E-state index in [1.165, 1.54) is 0 Å². The van der Waals surface area contributed by atoms with Crippen LogP contribution in [0.4, 0.5) is 0 Å². The number of likely N-dealkylation sites (tertiary alicyclic amines) is 1. The van der Waals surface area contributed by atoms with Gasteiger partial charge in [-0.25, -0.2) is 0 Å². The Balaban J connectivity index is 2.41. The Labute approximate surface area is 77.7 Å². The molecule has 0 bridgehead atoms. The minimum absolute atomic E-state index is 0.0894. The molecule has 0 aromatic carbocycles. The van der Waals surface area contributed by atoms with E-state index in [0.29, 0.717) is 5.25 Å². The van der Waals surface area contributed by atoms with Crippen LogP contribution in [-0.4, -0.2) is 41.4 Å². The van der Waals surface area contributed by atoms with Crippen LogP contribution >= 0.6 is 11.8 Å². The van der Waals surface area contributed by atoms with Gasteiger partial charge in [-0.15, -0.1) is 0 Å². The number of amides is 1. The summed E-state index contributed by atoms with van der Waals surface area (Å²) in [5, 5.41) is 0.618. The quantitative estimate of drug-likeness (QED) is 0.678. The normalized spacial score (nSPS) is 25.9.